The first-order chi connectivity index (χ1) is 9.02. The van der Waals surface area contributed by atoms with Crippen LogP contribution in [0, 0.1) is 5.82 Å². The van der Waals surface area contributed by atoms with Crippen molar-refractivity contribution in [2.45, 2.75) is 5.38 Å². The van der Waals surface area contributed by atoms with E-state index in [2.05, 4.69) is 15.9 Å². The fourth-order valence-electron chi connectivity index (χ4n) is 1.71. The first kappa shape index (κ1) is 14.6. The van der Waals surface area contributed by atoms with Crippen LogP contribution in [0.25, 0.3) is 0 Å². The Morgan fingerprint density at radius 2 is 1.84 bits per heavy atom. The minimum atomic E-state index is -0.647. The Morgan fingerprint density at radius 3 is 2.42 bits per heavy atom. The van der Waals surface area contributed by atoms with Crippen LogP contribution in [0.1, 0.15) is 16.5 Å². The molecule has 0 saturated carbocycles. The van der Waals surface area contributed by atoms with E-state index in [1.54, 1.807) is 24.3 Å². The third-order valence-electron chi connectivity index (χ3n) is 2.72. The lowest BCUT2D eigenvalue weighted by molar-refractivity contribution is 0.411. The fraction of sp³-hybridized carbons (Fsp3) is 0.143. The average Bonchev–Trinajstić information content (AvgIpc) is 2.37. The van der Waals surface area contributed by atoms with Gasteiger partial charge in [-0.1, -0.05) is 39.7 Å². The molecule has 1 nitrogen and oxygen atoms in total. The molecule has 2 aromatic carbocycles. The second-order valence-electron chi connectivity index (χ2n) is 3.92. The summed E-state index contributed by atoms with van der Waals surface area (Å²) in [5.74, 6) is 0.0327. The molecule has 0 bridgehead atoms. The Hall–Kier alpha value is -0.770. The van der Waals surface area contributed by atoms with E-state index in [0.717, 1.165) is 4.47 Å². The standard InChI is InChI=1S/C14H10BrCl2FO/c1-19-9-3-5-11(13(18)7-9)14(17)10-4-2-8(15)6-12(10)16/h2-7,14H,1H3. The third-order valence-corrected chi connectivity index (χ3v) is 4.01. The van der Waals surface area contributed by atoms with E-state index in [1.807, 2.05) is 6.07 Å². The molecule has 0 N–H and O–H groups in total. The molecular formula is C14H10BrCl2FO. The van der Waals surface area contributed by atoms with Gasteiger partial charge < -0.3 is 4.74 Å². The van der Waals surface area contributed by atoms with Crippen molar-refractivity contribution >= 4 is 39.1 Å². The van der Waals surface area contributed by atoms with E-state index in [0.29, 0.717) is 21.9 Å². The van der Waals surface area contributed by atoms with Gasteiger partial charge in [0.2, 0.25) is 0 Å². The van der Waals surface area contributed by atoms with Crippen LogP contribution in [-0.2, 0) is 0 Å². The molecule has 0 amide bonds. The fourth-order valence-corrected chi connectivity index (χ4v) is 2.92. The second-order valence-corrected chi connectivity index (χ2v) is 5.68. The zero-order valence-electron chi connectivity index (χ0n) is 9.96. The highest BCUT2D eigenvalue weighted by Gasteiger charge is 2.18. The molecule has 2 aromatic rings. The second kappa shape index (κ2) is 6.12. The van der Waals surface area contributed by atoms with Crippen molar-refractivity contribution in [3.8, 4) is 5.75 Å². The molecule has 0 heterocycles. The molecule has 0 fully saturated rings. The van der Waals surface area contributed by atoms with Crippen molar-refractivity contribution in [3.05, 3.63) is 62.8 Å². The molecule has 0 aliphatic carbocycles. The first-order valence-electron chi connectivity index (χ1n) is 5.45. The van der Waals surface area contributed by atoms with Gasteiger partial charge in [0.05, 0.1) is 12.5 Å². The number of benzene rings is 2. The summed E-state index contributed by atoms with van der Waals surface area (Å²) < 4.78 is 19.8. The van der Waals surface area contributed by atoms with Gasteiger partial charge in [-0.25, -0.2) is 4.39 Å². The summed E-state index contributed by atoms with van der Waals surface area (Å²) in [5.41, 5.74) is 1.03. The van der Waals surface area contributed by atoms with Gasteiger partial charge in [0.25, 0.3) is 0 Å². The van der Waals surface area contributed by atoms with Crippen LogP contribution in [0.5, 0.6) is 5.75 Å². The van der Waals surface area contributed by atoms with E-state index in [-0.39, 0.29) is 0 Å². The van der Waals surface area contributed by atoms with Gasteiger partial charge in [-0.15, -0.1) is 11.6 Å². The summed E-state index contributed by atoms with van der Waals surface area (Å²) in [4.78, 5) is 0. The normalized spacial score (nSPS) is 12.3. The third kappa shape index (κ3) is 3.22. The minimum Gasteiger partial charge on any atom is -0.497 e. The monoisotopic (exact) mass is 362 g/mol. The Morgan fingerprint density at radius 1 is 1.16 bits per heavy atom. The lowest BCUT2D eigenvalue weighted by atomic mass is 10.0. The maximum atomic E-state index is 14.0. The highest BCUT2D eigenvalue weighted by molar-refractivity contribution is 9.10. The first-order valence-corrected chi connectivity index (χ1v) is 7.06. The van der Waals surface area contributed by atoms with Crippen LogP contribution < -0.4 is 4.74 Å². The van der Waals surface area contributed by atoms with E-state index < -0.39 is 11.2 Å². The zero-order valence-corrected chi connectivity index (χ0v) is 13.1. The molecule has 2 rings (SSSR count). The quantitative estimate of drug-likeness (QED) is 0.647. The van der Waals surface area contributed by atoms with Crippen molar-refractivity contribution in [1.82, 2.24) is 0 Å². The molecule has 1 atom stereocenters. The number of alkyl halides is 1. The number of methoxy groups -OCH3 is 1. The summed E-state index contributed by atoms with van der Waals surface area (Å²) >= 11 is 15.7. The van der Waals surface area contributed by atoms with Crippen LogP contribution in [0.3, 0.4) is 0 Å². The van der Waals surface area contributed by atoms with Gasteiger partial charge in [0.1, 0.15) is 11.6 Å². The predicted octanol–water partition coefficient (Wildman–Crippen LogP) is 5.58. The lowest BCUT2D eigenvalue weighted by Gasteiger charge is -2.14. The number of hydrogen-bond donors (Lipinski definition) is 0. The van der Waals surface area contributed by atoms with Gasteiger partial charge in [0, 0.05) is 21.1 Å². The van der Waals surface area contributed by atoms with Gasteiger partial charge in [-0.2, -0.15) is 0 Å². The van der Waals surface area contributed by atoms with E-state index in [1.165, 1.54) is 13.2 Å². The summed E-state index contributed by atoms with van der Waals surface area (Å²) in [6.07, 6.45) is 0. The lowest BCUT2D eigenvalue weighted by Crippen LogP contribution is -1.98. The van der Waals surface area contributed by atoms with Crippen LogP contribution in [-0.4, -0.2) is 7.11 Å². The predicted molar refractivity (Wildman–Crippen MR) is 79.8 cm³/mol. The van der Waals surface area contributed by atoms with Crippen LogP contribution in [0.15, 0.2) is 40.9 Å². The highest BCUT2D eigenvalue weighted by atomic mass is 79.9. The Bertz CT molecular complexity index is 604. The van der Waals surface area contributed by atoms with Crippen LogP contribution in [0.4, 0.5) is 4.39 Å². The van der Waals surface area contributed by atoms with Crippen molar-refractivity contribution in [3.63, 3.8) is 0 Å². The molecule has 5 heteroatoms. The molecule has 0 aromatic heterocycles. The summed E-state index contributed by atoms with van der Waals surface area (Å²) in [5, 5.41) is -0.156. The molecule has 1 unspecified atom stereocenters. The topological polar surface area (TPSA) is 9.23 Å². The maximum absolute atomic E-state index is 14.0. The number of rotatable bonds is 3. The largest absolute Gasteiger partial charge is 0.497 e. The molecule has 100 valence electrons. The van der Waals surface area contributed by atoms with Gasteiger partial charge in [0.15, 0.2) is 0 Å². The molecule has 0 spiro atoms. The molecule has 0 aliphatic heterocycles. The number of halogens is 4. The van der Waals surface area contributed by atoms with Crippen molar-refractivity contribution in [2.24, 2.45) is 0 Å². The van der Waals surface area contributed by atoms with Gasteiger partial charge in [-0.05, 0) is 23.8 Å². The number of ether oxygens (including phenoxy) is 1. The molecule has 0 saturated heterocycles. The Kier molecular flexibility index (Phi) is 4.71. The molecular weight excluding hydrogens is 354 g/mol. The average molecular weight is 364 g/mol. The van der Waals surface area contributed by atoms with Gasteiger partial charge >= 0.3 is 0 Å². The van der Waals surface area contributed by atoms with E-state index in [4.69, 9.17) is 27.9 Å². The van der Waals surface area contributed by atoms with Crippen molar-refractivity contribution < 1.29 is 9.13 Å². The van der Waals surface area contributed by atoms with Crippen LogP contribution >= 0.6 is 39.1 Å². The Labute approximate surface area is 129 Å². The Balaban J connectivity index is 2.41. The summed E-state index contributed by atoms with van der Waals surface area (Å²) in [6.45, 7) is 0. The smallest absolute Gasteiger partial charge is 0.131 e. The molecule has 19 heavy (non-hydrogen) atoms. The van der Waals surface area contributed by atoms with Gasteiger partial charge in [-0.3, -0.25) is 0 Å². The van der Waals surface area contributed by atoms with Crippen molar-refractivity contribution in [1.29, 1.82) is 0 Å². The zero-order chi connectivity index (χ0) is 14.0. The summed E-state index contributed by atoms with van der Waals surface area (Å²) in [6, 6.07) is 9.89. The maximum Gasteiger partial charge on any atom is 0.131 e. The number of hydrogen-bond acceptors (Lipinski definition) is 1. The molecule has 0 aliphatic rings. The SMILES string of the molecule is COc1ccc(C(Cl)c2ccc(Br)cc2Cl)c(F)c1. The van der Waals surface area contributed by atoms with E-state index >= 15 is 0 Å². The van der Waals surface area contributed by atoms with Crippen molar-refractivity contribution in [2.75, 3.05) is 7.11 Å². The van der Waals surface area contributed by atoms with Crippen LogP contribution in [0.2, 0.25) is 5.02 Å². The summed E-state index contributed by atoms with van der Waals surface area (Å²) in [7, 11) is 1.48. The highest BCUT2D eigenvalue weighted by Crippen LogP contribution is 2.36. The minimum absolute atomic E-state index is 0.367. The van der Waals surface area contributed by atoms with E-state index in [9.17, 15) is 4.39 Å². The molecule has 0 radical (unpaired) electrons.